The molecule has 2 heterocycles. The van der Waals surface area contributed by atoms with Crippen molar-refractivity contribution in [3.63, 3.8) is 0 Å². The number of aromatic nitrogens is 4. The summed E-state index contributed by atoms with van der Waals surface area (Å²) in [4.78, 5) is 14.4. The molecule has 1 atom stereocenters. The zero-order valence-corrected chi connectivity index (χ0v) is 15.2. The average Bonchev–Trinajstić information content (AvgIpc) is 3.01. The van der Waals surface area contributed by atoms with E-state index in [2.05, 4.69) is 35.4 Å². The van der Waals surface area contributed by atoms with Crippen LogP contribution in [0.25, 0.3) is 5.69 Å². The van der Waals surface area contributed by atoms with Gasteiger partial charge in [0.25, 0.3) is 0 Å². The zero-order valence-electron chi connectivity index (χ0n) is 14.4. The lowest BCUT2D eigenvalue weighted by molar-refractivity contribution is -0.130. The summed E-state index contributed by atoms with van der Waals surface area (Å²) in [5, 5.41) is 12.6. The first-order chi connectivity index (χ1) is 11.5. The summed E-state index contributed by atoms with van der Waals surface area (Å²) >= 11 is 1.40. The van der Waals surface area contributed by atoms with Crippen LogP contribution in [0.2, 0.25) is 0 Å². The van der Waals surface area contributed by atoms with Gasteiger partial charge in [-0.15, -0.1) is 5.10 Å². The number of likely N-dealkylation sites (tertiary alicyclic amines) is 1. The molecule has 1 aromatic carbocycles. The number of piperidine rings is 1. The van der Waals surface area contributed by atoms with Crippen molar-refractivity contribution in [2.45, 2.75) is 38.8 Å². The van der Waals surface area contributed by atoms with E-state index >= 15 is 0 Å². The number of hydrogen-bond acceptors (Lipinski definition) is 5. The van der Waals surface area contributed by atoms with Gasteiger partial charge in [-0.3, -0.25) is 4.79 Å². The van der Waals surface area contributed by atoms with Crippen molar-refractivity contribution in [2.24, 2.45) is 5.92 Å². The molecule has 1 amide bonds. The van der Waals surface area contributed by atoms with Crippen LogP contribution in [0, 0.1) is 19.8 Å². The SMILES string of the molecule is Cc1ccc(-n2nnnc2SCC(=O)N2CCCC(C)C2)c(C)c1. The molecule has 1 saturated heterocycles. The fourth-order valence-corrected chi connectivity index (χ4v) is 3.88. The number of hydrogen-bond donors (Lipinski definition) is 0. The molecule has 0 saturated carbocycles. The molecular weight excluding hydrogens is 322 g/mol. The minimum Gasteiger partial charge on any atom is -0.342 e. The van der Waals surface area contributed by atoms with Gasteiger partial charge in [0.15, 0.2) is 0 Å². The molecule has 24 heavy (non-hydrogen) atoms. The quantitative estimate of drug-likeness (QED) is 0.797. The van der Waals surface area contributed by atoms with Gasteiger partial charge in [-0.2, -0.15) is 4.68 Å². The smallest absolute Gasteiger partial charge is 0.233 e. The van der Waals surface area contributed by atoms with Gasteiger partial charge in [-0.05, 0) is 54.7 Å². The highest BCUT2D eigenvalue weighted by Crippen LogP contribution is 2.23. The molecule has 1 aliphatic heterocycles. The topological polar surface area (TPSA) is 63.9 Å². The third-order valence-electron chi connectivity index (χ3n) is 4.36. The molecule has 7 heteroatoms. The monoisotopic (exact) mass is 345 g/mol. The number of nitrogens with zero attached hydrogens (tertiary/aromatic N) is 5. The van der Waals surface area contributed by atoms with E-state index in [0.717, 1.165) is 30.8 Å². The molecular formula is C17H23N5OS. The zero-order chi connectivity index (χ0) is 17.1. The van der Waals surface area contributed by atoms with E-state index in [1.54, 1.807) is 4.68 Å². The second-order valence-corrected chi connectivity index (χ2v) is 7.48. The summed E-state index contributed by atoms with van der Waals surface area (Å²) in [6.07, 6.45) is 2.31. The predicted molar refractivity (Wildman–Crippen MR) is 94.3 cm³/mol. The Morgan fingerprint density at radius 1 is 1.38 bits per heavy atom. The molecule has 1 aromatic heterocycles. The van der Waals surface area contributed by atoms with E-state index < -0.39 is 0 Å². The maximum Gasteiger partial charge on any atom is 0.233 e. The van der Waals surface area contributed by atoms with Gasteiger partial charge in [-0.1, -0.05) is 36.4 Å². The molecule has 1 aliphatic rings. The fraction of sp³-hybridized carbons (Fsp3) is 0.529. The Bertz CT molecular complexity index is 730. The maximum absolute atomic E-state index is 12.4. The van der Waals surface area contributed by atoms with Crippen molar-refractivity contribution in [1.82, 2.24) is 25.1 Å². The van der Waals surface area contributed by atoms with Crippen LogP contribution in [0.15, 0.2) is 23.4 Å². The normalized spacial score (nSPS) is 18.0. The van der Waals surface area contributed by atoms with Gasteiger partial charge in [-0.25, -0.2) is 0 Å². The molecule has 1 fully saturated rings. The first-order valence-corrected chi connectivity index (χ1v) is 9.29. The number of amides is 1. The molecule has 6 nitrogen and oxygen atoms in total. The number of benzene rings is 1. The average molecular weight is 345 g/mol. The second-order valence-electron chi connectivity index (χ2n) is 6.54. The van der Waals surface area contributed by atoms with E-state index in [1.165, 1.54) is 23.7 Å². The van der Waals surface area contributed by atoms with E-state index in [0.29, 0.717) is 16.8 Å². The first-order valence-electron chi connectivity index (χ1n) is 8.31. The lowest BCUT2D eigenvalue weighted by atomic mass is 10.0. The van der Waals surface area contributed by atoms with Crippen LogP contribution in [0.4, 0.5) is 0 Å². The van der Waals surface area contributed by atoms with Crippen molar-refractivity contribution >= 4 is 17.7 Å². The first kappa shape index (κ1) is 17.0. The van der Waals surface area contributed by atoms with Crippen LogP contribution in [0.3, 0.4) is 0 Å². The Hall–Kier alpha value is -1.89. The number of carbonyl (C=O) groups is 1. The molecule has 128 valence electrons. The number of rotatable bonds is 4. The number of aryl methyl sites for hydroxylation is 2. The number of tetrazole rings is 1. The minimum atomic E-state index is 0.168. The highest BCUT2D eigenvalue weighted by atomic mass is 32.2. The number of carbonyl (C=O) groups excluding carboxylic acids is 1. The second kappa shape index (κ2) is 7.34. The molecule has 0 spiro atoms. The Balaban J connectivity index is 1.68. The van der Waals surface area contributed by atoms with E-state index in [1.807, 2.05) is 24.0 Å². The Morgan fingerprint density at radius 2 is 2.21 bits per heavy atom. The molecule has 0 bridgehead atoms. The standard InChI is InChI=1S/C17H23N5OS/c1-12-6-7-15(14(3)9-12)22-17(18-19-20-22)24-11-16(23)21-8-4-5-13(2)10-21/h6-7,9,13H,4-5,8,10-11H2,1-3H3. The lowest BCUT2D eigenvalue weighted by Gasteiger charge is -2.30. The van der Waals surface area contributed by atoms with Gasteiger partial charge in [0.1, 0.15) is 0 Å². The number of thioether (sulfide) groups is 1. The summed E-state index contributed by atoms with van der Waals surface area (Å²) in [7, 11) is 0. The van der Waals surface area contributed by atoms with Crippen molar-refractivity contribution < 1.29 is 4.79 Å². The fourth-order valence-electron chi connectivity index (χ4n) is 3.10. The van der Waals surface area contributed by atoms with Gasteiger partial charge in [0.2, 0.25) is 11.1 Å². The van der Waals surface area contributed by atoms with Crippen LogP contribution in [0.5, 0.6) is 0 Å². The lowest BCUT2D eigenvalue weighted by Crippen LogP contribution is -2.40. The molecule has 2 aromatic rings. The van der Waals surface area contributed by atoms with Crippen LogP contribution in [-0.4, -0.2) is 49.9 Å². The van der Waals surface area contributed by atoms with E-state index in [9.17, 15) is 4.79 Å². The summed E-state index contributed by atoms with van der Waals surface area (Å²) in [6, 6.07) is 6.16. The molecule has 0 aliphatic carbocycles. The van der Waals surface area contributed by atoms with E-state index in [4.69, 9.17) is 0 Å². The van der Waals surface area contributed by atoms with Crippen molar-refractivity contribution in [3.8, 4) is 5.69 Å². The summed E-state index contributed by atoms with van der Waals surface area (Å²) in [5.41, 5.74) is 3.26. The summed E-state index contributed by atoms with van der Waals surface area (Å²) < 4.78 is 1.71. The van der Waals surface area contributed by atoms with Gasteiger partial charge in [0.05, 0.1) is 11.4 Å². The molecule has 0 N–H and O–H groups in total. The minimum absolute atomic E-state index is 0.168. The van der Waals surface area contributed by atoms with Crippen LogP contribution < -0.4 is 0 Å². The van der Waals surface area contributed by atoms with Gasteiger partial charge >= 0.3 is 0 Å². The Labute approximate surface area is 146 Å². The van der Waals surface area contributed by atoms with Crippen molar-refractivity contribution in [1.29, 1.82) is 0 Å². The van der Waals surface area contributed by atoms with Gasteiger partial charge < -0.3 is 4.90 Å². The Morgan fingerprint density at radius 3 is 2.96 bits per heavy atom. The van der Waals surface area contributed by atoms with Gasteiger partial charge in [0, 0.05) is 13.1 Å². The largest absolute Gasteiger partial charge is 0.342 e. The summed E-state index contributed by atoms with van der Waals surface area (Å²) in [5.74, 6) is 1.13. The highest BCUT2D eigenvalue weighted by Gasteiger charge is 2.22. The van der Waals surface area contributed by atoms with Crippen LogP contribution in [-0.2, 0) is 4.79 Å². The predicted octanol–water partition coefficient (Wildman–Crippen LogP) is 2.63. The molecule has 0 radical (unpaired) electrons. The summed E-state index contributed by atoms with van der Waals surface area (Å²) in [6.45, 7) is 8.03. The molecule has 1 unspecified atom stereocenters. The highest BCUT2D eigenvalue weighted by molar-refractivity contribution is 7.99. The van der Waals surface area contributed by atoms with Crippen LogP contribution in [0.1, 0.15) is 30.9 Å². The van der Waals surface area contributed by atoms with E-state index in [-0.39, 0.29) is 5.91 Å². The third-order valence-corrected chi connectivity index (χ3v) is 5.26. The Kier molecular flexibility index (Phi) is 5.18. The van der Waals surface area contributed by atoms with Crippen molar-refractivity contribution in [2.75, 3.05) is 18.8 Å². The van der Waals surface area contributed by atoms with Crippen molar-refractivity contribution in [3.05, 3.63) is 29.3 Å². The molecule has 3 rings (SSSR count). The maximum atomic E-state index is 12.4. The third kappa shape index (κ3) is 3.77. The van der Waals surface area contributed by atoms with Crippen LogP contribution >= 0.6 is 11.8 Å².